The average molecular weight is 489 g/mol. The molecule has 0 saturated heterocycles. The summed E-state index contributed by atoms with van der Waals surface area (Å²) in [7, 11) is -3.56. The summed E-state index contributed by atoms with van der Waals surface area (Å²) in [5.74, 6) is -1.70. The number of hydrogen-bond acceptors (Lipinski definition) is 7. The summed E-state index contributed by atoms with van der Waals surface area (Å²) in [5.41, 5.74) is -0.0488. The summed E-state index contributed by atoms with van der Waals surface area (Å²) in [4.78, 5) is 36.1. The first-order chi connectivity index (χ1) is 15.6. The monoisotopic (exact) mass is 488 g/mol. The van der Waals surface area contributed by atoms with Crippen molar-refractivity contribution in [2.75, 3.05) is 11.6 Å². The van der Waals surface area contributed by atoms with E-state index in [1.807, 2.05) is 0 Å². The minimum absolute atomic E-state index is 0.0613. The fourth-order valence-electron chi connectivity index (χ4n) is 2.87. The van der Waals surface area contributed by atoms with E-state index < -0.39 is 38.4 Å². The van der Waals surface area contributed by atoms with Gasteiger partial charge in [0.15, 0.2) is 9.84 Å². The Morgan fingerprint density at radius 1 is 1.03 bits per heavy atom. The summed E-state index contributed by atoms with van der Waals surface area (Å²) in [6, 6.07) is 17.1. The van der Waals surface area contributed by atoms with Crippen LogP contribution in [0.15, 0.2) is 77.7 Å². The van der Waals surface area contributed by atoms with Gasteiger partial charge in [0.1, 0.15) is 5.02 Å². The van der Waals surface area contributed by atoms with Gasteiger partial charge < -0.3 is 10.1 Å². The lowest BCUT2D eigenvalue weighted by atomic mass is 10.1. The predicted octanol–water partition coefficient (Wildman–Crippen LogP) is 4.19. The Hall–Kier alpha value is -3.76. The van der Waals surface area contributed by atoms with Crippen molar-refractivity contribution in [1.82, 2.24) is 0 Å². The van der Waals surface area contributed by atoms with Gasteiger partial charge in [-0.15, -0.1) is 0 Å². The molecule has 0 saturated carbocycles. The normalized spacial score (nSPS) is 11.9. The lowest BCUT2D eigenvalue weighted by molar-refractivity contribution is -0.384. The molecule has 1 N–H and O–H groups in total. The zero-order valence-electron chi connectivity index (χ0n) is 17.1. The maximum atomic E-state index is 13.0. The number of esters is 1. The number of hydrogen-bond donors (Lipinski definition) is 1. The van der Waals surface area contributed by atoms with E-state index in [0.29, 0.717) is 5.56 Å². The van der Waals surface area contributed by atoms with Crippen LogP contribution in [0.4, 0.5) is 11.4 Å². The number of sulfone groups is 1. The van der Waals surface area contributed by atoms with E-state index in [4.69, 9.17) is 16.3 Å². The summed E-state index contributed by atoms with van der Waals surface area (Å²) in [6.07, 6.45) is -0.418. The highest BCUT2D eigenvalue weighted by Crippen LogP contribution is 2.29. The van der Waals surface area contributed by atoms with Gasteiger partial charge in [0.05, 0.1) is 15.4 Å². The molecule has 0 fully saturated rings. The first kappa shape index (κ1) is 23.9. The van der Waals surface area contributed by atoms with Crippen LogP contribution in [0.1, 0.15) is 22.0 Å². The Labute approximate surface area is 194 Å². The second-order valence-electron chi connectivity index (χ2n) is 6.91. The number of halogens is 1. The van der Waals surface area contributed by atoms with E-state index in [0.717, 1.165) is 18.4 Å². The standard InChI is InChI=1S/C22H17ClN2O7S/c1-33(30,31)17-9-5-8-15(12-17)22(27)32-20(14-6-3-2-4-7-14)21(26)24-16-10-11-18(23)19(13-16)25(28)29/h2-13,20H,1H3,(H,24,26)/t20-/m0/s1. The average Bonchev–Trinajstić information content (AvgIpc) is 2.78. The lowest BCUT2D eigenvalue weighted by Crippen LogP contribution is -2.26. The smallest absolute Gasteiger partial charge is 0.339 e. The maximum Gasteiger partial charge on any atom is 0.339 e. The second-order valence-corrected chi connectivity index (χ2v) is 9.33. The summed E-state index contributed by atoms with van der Waals surface area (Å²) in [5, 5.41) is 13.5. The van der Waals surface area contributed by atoms with Crippen molar-refractivity contribution in [2.24, 2.45) is 0 Å². The molecular weight excluding hydrogens is 472 g/mol. The predicted molar refractivity (Wildman–Crippen MR) is 121 cm³/mol. The van der Waals surface area contributed by atoms with Gasteiger partial charge in [-0.2, -0.15) is 0 Å². The van der Waals surface area contributed by atoms with Crippen LogP contribution in [0, 0.1) is 10.1 Å². The molecular formula is C22H17ClN2O7S. The molecule has 0 aromatic heterocycles. The van der Waals surface area contributed by atoms with Crippen molar-refractivity contribution in [1.29, 1.82) is 0 Å². The molecule has 0 spiro atoms. The minimum atomic E-state index is -3.56. The molecule has 0 aliphatic rings. The van der Waals surface area contributed by atoms with Crippen molar-refractivity contribution in [3.8, 4) is 0 Å². The van der Waals surface area contributed by atoms with E-state index in [1.165, 1.54) is 30.3 Å². The third-order valence-electron chi connectivity index (χ3n) is 4.47. The van der Waals surface area contributed by atoms with Gasteiger partial charge in [0, 0.05) is 23.6 Å². The van der Waals surface area contributed by atoms with Gasteiger partial charge in [-0.05, 0) is 30.3 Å². The molecule has 3 aromatic carbocycles. The third kappa shape index (κ3) is 5.93. The molecule has 11 heteroatoms. The van der Waals surface area contributed by atoms with E-state index in [1.54, 1.807) is 30.3 Å². The van der Waals surface area contributed by atoms with Gasteiger partial charge in [0.2, 0.25) is 6.10 Å². The number of amides is 1. The molecule has 1 amide bonds. The molecule has 3 rings (SSSR count). The van der Waals surface area contributed by atoms with E-state index in [2.05, 4.69) is 5.32 Å². The molecule has 1 atom stereocenters. The molecule has 0 unspecified atom stereocenters. The summed E-state index contributed by atoms with van der Waals surface area (Å²) in [6.45, 7) is 0. The largest absolute Gasteiger partial charge is 0.444 e. The van der Waals surface area contributed by atoms with E-state index in [9.17, 15) is 28.1 Å². The zero-order valence-corrected chi connectivity index (χ0v) is 18.7. The molecule has 9 nitrogen and oxygen atoms in total. The maximum absolute atomic E-state index is 13.0. The Morgan fingerprint density at radius 2 is 1.73 bits per heavy atom. The van der Waals surface area contributed by atoms with E-state index in [-0.39, 0.29) is 21.2 Å². The van der Waals surface area contributed by atoms with Crippen molar-refractivity contribution < 1.29 is 27.7 Å². The van der Waals surface area contributed by atoms with Crippen LogP contribution < -0.4 is 5.32 Å². The molecule has 170 valence electrons. The molecule has 0 radical (unpaired) electrons. The van der Waals surface area contributed by atoms with Crippen molar-refractivity contribution in [2.45, 2.75) is 11.0 Å². The number of nitrogens with one attached hydrogen (secondary N) is 1. The molecule has 0 aliphatic carbocycles. The number of nitro groups is 1. The number of nitro benzene ring substituents is 1. The van der Waals surface area contributed by atoms with Crippen molar-refractivity contribution in [3.63, 3.8) is 0 Å². The van der Waals surface area contributed by atoms with Crippen molar-refractivity contribution >= 4 is 44.7 Å². The Bertz CT molecular complexity index is 1330. The van der Waals surface area contributed by atoms with E-state index >= 15 is 0 Å². The highest BCUT2D eigenvalue weighted by molar-refractivity contribution is 7.90. The van der Waals surface area contributed by atoms with Crippen LogP contribution in [-0.2, 0) is 19.4 Å². The van der Waals surface area contributed by atoms with Gasteiger partial charge in [-0.3, -0.25) is 14.9 Å². The van der Waals surface area contributed by atoms with Crippen molar-refractivity contribution in [3.05, 3.63) is 99.1 Å². The van der Waals surface area contributed by atoms with Gasteiger partial charge in [0.25, 0.3) is 11.6 Å². The lowest BCUT2D eigenvalue weighted by Gasteiger charge is -2.18. The quantitative estimate of drug-likeness (QED) is 0.299. The third-order valence-corrected chi connectivity index (χ3v) is 5.90. The zero-order chi connectivity index (χ0) is 24.2. The first-order valence-corrected chi connectivity index (χ1v) is 11.6. The number of benzene rings is 3. The number of rotatable bonds is 7. The van der Waals surface area contributed by atoms with Gasteiger partial charge >= 0.3 is 5.97 Å². The molecule has 33 heavy (non-hydrogen) atoms. The van der Waals surface area contributed by atoms with Gasteiger partial charge in [-0.25, -0.2) is 13.2 Å². The van der Waals surface area contributed by atoms with Crippen LogP contribution in [0.3, 0.4) is 0 Å². The fourth-order valence-corrected chi connectivity index (χ4v) is 3.72. The SMILES string of the molecule is CS(=O)(=O)c1cccc(C(=O)O[C@H](C(=O)Nc2ccc(Cl)c([N+](=O)[O-])c2)c2ccccc2)c1. The Morgan fingerprint density at radius 3 is 2.36 bits per heavy atom. The Kier molecular flexibility index (Phi) is 7.10. The van der Waals surface area contributed by atoms with Crippen LogP contribution >= 0.6 is 11.6 Å². The highest BCUT2D eigenvalue weighted by Gasteiger charge is 2.27. The summed E-state index contributed by atoms with van der Waals surface area (Å²) >= 11 is 5.80. The number of carbonyl (C=O) groups is 2. The molecule has 0 aliphatic heterocycles. The van der Waals surface area contributed by atoms with Crippen LogP contribution in [0.5, 0.6) is 0 Å². The number of carbonyl (C=O) groups excluding carboxylic acids is 2. The first-order valence-electron chi connectivity index (χ1n) is 9.37. The summed E-state index contributed by atoms with van der Waals surface area (Å²) < 4.78 is 29.0. The Balaban J connectivity index is 1.90. The van der Waals surface area contributed by atoms with Crippen LogP contribution in [0.2, 0.25) is 5.02 Å². The van der Waals surface area contributed by atoms with Crippen LogP contribution in [0.25, 0.3) is 0 Å². The topological polar surface area (TPSA) is 133 Å². The molecule has 0 bridgehead atoms. The molecule has 3 aromatic rings. The number of ether oxygens (including phenoxy) is 1. The fraction of sp³-hybridized carbons (Fsp3) is 0.0909. The minimum Gasteiger partial charge on any atom is -0.444 e. The van der Waals surface area contributed by atoms with Crippen LogP contribution in [-0.4, -0.2) is 31.5 Å². The van der Waals surface area contributed by atoms with Gasteiger partial charge in [-0.1, -0.05) is 48.0 Å². The number of nitrogens with zero attached hydrogens (tertiary/aromatic N) is 1. The second kappa shape index (κ2) is 9.80. The highest BCUT2D eigenvalue weighted by atomic mass is 35.5. The number of anilines is 1. The molecule has 0 heterocycles.